The zero-order chi connectivity index (χ0) is 15.1. The first-order chi connectivity index (χ1) is 10.1. The lowest BCUT2D eigenvalue weighted by Gasteiger charge is -2.08. The largest absolute Gasteiger partial charge is 0.491 e. The number of nitrogens with two attached hydrogens (primary N) is 1. The quantitative estimate of drug-likeness (QED) is 0.654. The number of esters is 1. The van der Waals surface area contributed by atoms with E-state index in [0.717, 1.165) is 5.56 Å². The second kappa shape index (κ2) is 7.33. The second-order valence-corrected chi connectivity index (χ2v) is 4.78. The van der Waals surface area contributed by atoms with Crippen LogP contribution >= 0.6 is 0 Å². The summed E-state index contributed by atoms with van der Waals surface area (Å²) in [5.74, 6) is 0.300. The average molecular weight is 285 g/mol. The second-order valence-electron chi connectivity index (χ2n) is 4.78. The number of hydrogen-bond donors (Lipinski definition) is 1. The molecule has 0 heterocycles. The summed E-state index contributed by atoms with van der Waals surface area (Å²) in [6.07, 6.45) is 0.195. The Labute approximate surface area is 124 Å². The molecule has 0 spiro atoms. The van der Waals surface area contributed by atoms with Crippen molar-refractivity contribution in [3.63, 3.8) is 0 Å². The third-order valence-electron chi connectivity index (χ3n) is 3.00. The Morgan fingerprint density at radius 2 is 1.81 bits per heavy atom. The summed E-state index contributed by atoms with van der Waals surface area (Å²) in [6.45, 7) is 2.55. The SMILES string of the molecule is Cc1ccc(COC(=O)CCOc2ccccc2N)cc1. The van der Waals surface area contributed by atoms with E-state index in [9.17, 15) is 4.79 Å². The van der Waals surface area contributed by atoms with E-state index in [1.54, 1.807) is 12.1 Å². The van der Waals surface area contributed by atoms with E-state index in [1.165, 1.54) is 5.56 Å². The van der Waals surface area contributed by atoms with Crippen LogP contribution in [0.25, 0.3) is 0 Å². The molecule has 21 heavy (non-hydrogen) atoms. The van der Waals surface area contributed by atoms with E-state index >= 15 is 0 Å². The highest BCUT2D eigenvalue weighted by atomic mass is 16.5. The third kappa shape index (κ3) is 4.84. The van der Waals surface area contributed by atoms with Gasteiger partial charge in [0.2, 0.25) is 0 Å². The van der Waals surface area contributed by atoms with E-state index in [2.05, 4.69) is 0 Å². The summed E-state index contributed by atoms with van der Waals surface area (Å²) in [7, 11) is 0. The van der Waals surface area contributed by atoms with Crippen molar-refractivity contribution in [1.82, 2.24) is 0 Å². The molecule has 2 N–H and O–H groups in total. The molecular weight excluding hydrogens is 266 g/mol. The highest BCUT2D eigenvalue weighted by molar-refractivity contribution is 5.69. The zero-order valence-corrected chi connectivity index (χ0v) is 12.0. The number of nitrogen functional groups attached to an aromatic ring is 1. The van der Waals surface area contributed by atoms with Crippen LogP contribution < -0.4 is 10.5 Å². The lowest BCUT2D eigenvalue weighted by Crippen LogP contribution is -2.10. The van der Waals surface area contributed by atoms with Gasteiger partial charge in [0, 0.05) is 0 Å². The number of para-hydroxylation sites is 2. The van der Waals surface area contributed by atoms with Gasteiger partial charge in [-0.1, -0.05) is 42.0 Å². The van der Waals surface area contributed by atoms with Crippen LogP contribution in [0.15, 0.2) is 48.5 Å². The van der Waals surface area contributed by atoms with Crippen LogP contribution in [-0.4, -0.2) is 12.6 Å². The first-order valence-corrected chi connectivity index (χ1v) is 6.83. The molecule has 0 aliphatic carbocycles. The molecule has 4 heteroatoms. The van der Waals surface area contributed by atoms with Crippen LogP contribution in [0, 0.1) is 6.92 Å². The Morgan fingerprint density at radius 1 is 1.10 bits per heavy atom. The molecule has 0 saturated heterocycles. The highest BCUT2D eigenvalue weighted by Gasteiger charge is 2.05. The van der Waals surface area contributed by atoms with Gasteiger partial charge in [-0.15, -0.1) is 0 Å². The van der Waals surface area contributed by atoms with Crippen LogP contribution in [0.3, 0.4) is 0 Å². The van der Waals surface area contributed by atoms with Crippen molar-refractivity contribution in [3.8, 4) is 5.75 Å². The molecule has 0 saturated carbocycles. The maximum Gasteiger partial charge on any atom is 0.309 e. The fraction of sp³-hybridized carbons (Fsp3) is 0.235. The predicted molar refractivity (Wildman–Crippen MR) is 81.9 cm³/mol. The van der Waals surface area contributed by atoms with Gasteiger partial charge >= 0.3 is 5.97 Å². The minimum Gasteiger partial charge on any atom is -0.491 e. The molecule has 4 nitrogen and oxygen atoms in total. The van der Waals surface area contributed by atoms with Crippen LogP contribution in [-0.2, 0) is 16.1 Å². The molecule has 0 radical (unpaired) electrons. The van der Waals surface area contributed by atoms with Crippen molar-refractivity contribution < 1.29 is 14.3 Å². The van der Waals surface area contributed by atoms with Crippen molar-refractivity contribution in [2.24, 2.45) is 0 Å². The summed E-state index contributed by atoms with van der Waals surface area (Å²) in [4.78, 5) is 11.6. The topological polar surface area (TPSA) is 61.5 Å². The van der Waals surface area contributed by atoms with Crippen molar-refractivity contribution in [3.05, 3.63) is 59.7 Å². The Hall–Kier alpha value is -2.49. The lowest BCUT2D eigenvalue weighted by atomic mass is 10.2. The van der Waals surface area contributed by atoms with Gasteiger partial charge in [-0.2, -0.15) is 0 Å². The maximum absolute atomic E-state index is 11.6. The van der Waals surface area contributed by atoms with Gasteiger partial charge in [0.15, 0.2) is 0 Å². The molecule has 0 amide bonds. The van der Waals surface area contributed by atoms with Crippen molar-refractivity contribution in [2.75, 3.05) is 12.3 Å². The maximum atomic E-state index is 11.6. The van der Waals surface area contributed by atoms with Crippen LogP contribution in [0.4, 0.5) is 5.69 Å². The summed E-state index contributed by atoms with van der Waals surface area (Å²) in [5.41, 5.74) is 8.46. The number of hydrogen-bond acceptors (Lipinski definition) is 4. The first kappa shape index (κ1) is 14.9. The van der Waals surface area contributed by atoms with Gasteiger partial charge < -0.3 is 15.2 Å². The van der Waals surface area contributed by atoms with Crippen molar-refractivity contribution in [1.29, 1.82) is 0 Å². The van der Waals surface area contributed by atoms with Gasteiger partial charge in [0.25, 0.3) is 0 Å². The fourth-order valence-corrected chi connectivity index (χ4v) is 1.78. The lowest BCUT2D eigenvalue weighted by molar-refractivity contribution is -0.145. The van der Waals surface area contributed by atoms with Crippen LogP contribution in [0.1, 0.15) is 17.5 Å². The van der Waals surface area contributed by atoms with E-state index in [4.69, 9.17) is 15.2 Å². The Balaban J connectivity index is 1.70. The van der Waals surface area contributed by atoms with Crippen molar-refractivity contribution >= 4 is 11.7 Å². The summed E-state index contributed by atoms with van der Waals surface area (Å²) < 4.78 is 10.6. The molecule has 0 aromatic heterocycles. The van der Waals surface area contributed by atoms with Gasteiger partial charge in [-0.3, -0.25) is 4.79 Å². The number of ether oxygens (including phenoxy) is 2. The van der Waals surface area contributed by atoms with Gasteiger partial charge in [0.05, 0.1) is 18.7 Å². The molecule has 0 bridgehead atoms. The standard InChI is InChI=1S/C17H19NO3/c1-13-6-8-14(9-7-13)12-21-17(19)10-11-20-16-5-3-2-4-15(16)18/h2-9H,10-12,18H2,1H3. The van der Waals surface area contributed by atoms with Crippen LogP contribution in [0.5, 0.6) is 5.75 Å². The molecule has 0 aliphatic rings. The minimum absolute atomic E-state index is 0.195. The molecule has 2 rings (SSSR count). The molecule has 0 aliphatic heterocycles. The van der Waals surface area contributed by atoms with E-state index < -0.39 is 0 Å². The number of carbonyl (C=O) groups is 1. The minimum atomic E-state index is -0.287. The Kier molecular flexibility index (Phi) is 5.21. The molecule has 110 valence electrons. The van der Waals surface area contributed by atoms with E-state index in [-0.39, 0.29) is 25.6 Å². The molecule has 0 unspecified atom stereocenters. The third-order valence-corrected chi connectivity index (χ3v) is 3.00. The Morgan fingerprint density at radius 3 is 2.52 bits per heavy atom. The fourth-order valence-electron chi connectivity index (χ4n) is 1.78. The molecular formula is C17H19NO3. The smallest absolute Gasteiger partial charge is 0.309 e. The molecule has 0 fully saturated rings. The zero-order valence-electron chi connectivity index (χ0n) is 12.0. The number of anilines is 1. The normalized spacial score (nSPS) is 10.1. The molecule has 2 aromatic rings. The van der Waals surface area contributed by atoms with Gasteiger partial charge in [0.1, 0.15) is 12.4 Å². The predicted octanol–water partition coefficient (Wildman–Crippen LogP) is 3.09. The number of aryl methyl sites for hydroxylation is 1. The Bertz CT molecular complexity index is 593. The summed E-state index contributed by atoms with van der Waals surface area (Å²) >= 11 is 0. The number of rotatable bonds is 6. The summed E-state index contributed by atoms with van der Waals surface area (Å²) in [5, 5.41) is 0. The average Bonchev–Trinajstić information content (AvgIpc) is 2.49. The van der Waals surface area contributed by atoms with E-state index in [0.29, 0.717) is 11.4 Å². The monoisotopic (exact) mass is 285 g/mol. The first-order valence-electron chi connectivity index (χ1n) is 6.83. The molecule has 2 aromatic carbocycles. The number of benzene rings is 2. The van der Waals surface area contributed by atoms with Crippen LogP contribution in [0.2, 0.25) is 0 Å². The van der Waals surface area contributed by atoms with Crippen molar-refractivity contribution in [2.45, 2.75) is 20.0 Å². The highest BCUT2D eigenvalue weighted by Crippen LogP contribution is 2.19. The van der Waals surface area contributed by atoms with E-state index in [1.807, 2.05) is 43.3 Å². The van der Waals surface area contributed by atoms with Gasteiger partial charge in [-0.05, 0) is 24.6 Å². The summed E-state index contributed by atoms with van der Waals surface area (Å²) in [6, 6.07) is 15.1. The molecule has 0 atom stereocenters. The van der Waals surface area contributed by atoms with Gasteiger partial charge in [-0.25, -0.2) is 0 Å². The number of carbonyl (C=O) groups excluding carboxylic acids is 1.